The van der Waals surface area contributed by atoms with Gasteiger partial charge < -0.3 is 10.6 Å². The van der Waals surface area contributed by atoms with Crippen molar-refractivity contribution in [2.24, 2.45) is 0 Å². The minimum atomic E-state index is -0.0259. The van der Waals surface area contributed by atoms with E-state index in [4.69, 9.17) is 0 Å². The molecule has 6 heteroatoms. The summed E-state index contributed by atoms with van der Waals surface area (Å²) in [5, 5.41) is 9.80. The maximum atomic E-state index is 11.4. The monoisotopic (exact) mass is 233 g/mol. The Labute approximate surface area is 99.0 Å². The first kappa shape index (κ1) is 11.4. The van der Waals surface area contributed by atoms with Gasteiger partial charge in [-0.15, -0.1) is 0 Å². The molecule has 1 amide bonds. The number of aromatic nitrogens is 3. The number of amides is 1. The maximum absolute atomic E-state index is 11.4. The molecule has 2 rings (SSSR count). The number of hydrogen-bond donors (Lipinski definition) is 2. The van der Waals surface area contributed by atoms with E-state index >= 15 is 0 Å². The highest BCUT2D eigenvalue weighted by atomic mass is 16.1. The Balaban J connectivity index is 1.92. The highest BCUT2D eigenvalue weighted by Gasteiger charge is 2.01. The lowest BCUT2D eigenvalue weighted by molar-refractivity contribution is -0.119. The first-order valence-corrected chi connectivity index (χ1v) is 5.60. The van der Waals surface area contributed by atoms with Crippen LogP contribution < -0.4 is 10.6 Å². The van der Waals surface area contributed by atoms with Crippen molar-refractivity contribution in [2.75, 3.05) is 18.4 Å². The zero-order valence-electron chi connectivity index (χ0n) is 9.68. The van der Waals surface area contributed by atoms with Gasteiger partial charge in [0.15, 0.2) is 5.65 Å². The van der Waals surface area contributed by atoms with E-state index in [9.17, 15) is 4.79 Å². The number of carbonyl (C=O) groups excluding carboxylic acids is 1. The average Bonchev–Trinajstić information content (AvgIpc) is 2.81. The number of nitrogens with one attached hydrogen (secondary N) is 2. The Hall–Kier alpha value is -2.11. The second-order valence-electron chi connectivity index (χ2n) is 3.65. The minimum Gasteiger partial charge on any atom is -0.361 e. The van der Waals surface area contributed by atoms with Gasteiger partial charge in [0.05, 0.1) is 12.7 Å². The summed E-state index contributed by atoms with van der Waals surface area (Å²) in [7, 11) is 0. The van der Waals surface area contributed by atoms with Crippen LogP contribution in [0.4, 0.5) is 5.82 Å². The van der Waals surface area contributed by atoms with Crippen LogP contribution in [0.25, 0.3) is 5.65 Å². The van der Waals surface area contributed by atoms with Gasteiger partial charge in [-0.1, -0.05) is 6.92 Å². The van der Waals surface area contributed by atoms with Gasteiger partial charge in [-0.25, -0.2) is 9.50 Å². The van der Waals surface area contributed by atoms with Gasteiger partial charge >= 0.3 is 0 Å². The van der Waals surface area contributed by atoms with Gasteiger partial charge in [-0.2, -0.15) is 5.10 Å². The zero-order valence-corrected chi connectivity index (χ0v) is 9.68. The molecule has 17 heavy (non-hydrogen) atoms. The molecular formula is C11H15N5O. The van der Waals surface area contributed by atoms with Gasteiger partial charge in [0.2, 0.25) is 5.91 Å². The Kier molecular flexibility index (Phi) is 3.54. The smallest absolute Gasteiger partial charge is 0.239 e. The Morgan fingerprint density at radius 3 is 3.18 bits per heavy atom. The van der Waals surface area contributed by atoms with E-state index in [1.54, 1.807) is 23.0 Å². The fraction of sp³-hybridized carbons (Fsp3) is 0.364. The molecule has 0 aliphatic heterocycles. The van der Waals surface area contributed by atoms with Crippen LogP contribution >= 0.6 is 0 Å². The predicted molar refractivity (Wildman–Crippen MR) is 64.8 cm³/mol. The molecule has 0 saturated heterocycles. The Morgan fingerprint density at radius 1 is 1.47 bits per heavy atom. The van der Waals surface area contributed by atoms with Crippen LogP contribution in [0.1, 0.15) is 13.3 Å². The first-order valence-electron chi connectivity index (χ1n) is 5.60. The van der Waals surface area contributed by atoms with Crippen LogP contribution in [0, 0.1) is 0 Å². The third-order valence-corrected chi connectivity index (χ3v) is 2.26. The number of fused-ring (bicyclic) bond motifs is 1. The maximum Gasteiger partial charge on any atom is 0.239 e. The number of rotatable bonds is 5. The summed E-state index contributed by atoms with van der Waals surface area (Å²) in [5.41, 5.74) is 0.754. The normalized spacial score (nSPS) is 10.4. The topological polar surface area (TPSA) is 71.3 Å². The van der Waals surface area contributed by atoms with Crippen LogP contribution in [0.15, 0.2) is 24.5 Å². The van der Waals surface area contributed by atoms with Crippen LogP contribution in [-0.2, 0) is 4.79 Å². The highest BCUT2D eigenvalue weighted by Crippen LogP contribution is 2.04. The lowest BCUT2D eigenvalue weighted by Crippen LogP contribution is -2.30. The van der Waals surface area contributed by atoms with Crippen molar-refractivity contribution in [1.82, 2.24) is 19.9 Å². The number of hydrogen-bond acceptors (Lipinski definition) is 4. The highest BCUT2D eigenvalue weighted by molar-refractivity contribution is 5.80. The van der Waals surface area contributed by atoms with E-state index in [-0.39, 0.29) is 12.5 Å². The number of anilines is 1. The minimum absolute atomic E-state index is 0.0259. The number of carbonyl (C=O) groups is 1. The summed E-state index contributed by atoms with van der Waals surface area (Å²) in [5.74, 6) is 0.645. The van der Waals surface area contributed by atoms with E-state index < -0.39 is 0 Å². The molecule has 0 radical (unpaired) electrons. The summed E-state index contributed by atoms with van der Waals surface area (Å²) in [6, 6.07) is 3.59. The molecule has 0 aliphatic rings. The van der Waals surface area contributed by atoms with Crippen molar-refractivity contribution in [2.45, 2.75) is 13.3 Å². The largest absolute Gasteiger partial charge is 0.361 e. The van der Waals surface area contributed by atoms with E-state index in [0.29, 0.717) is 12.4 Å². The summed E-state index contributed by atoms with van der Waals surface area (Å²) in [6.07, 6.45) is 4.42. The fourth-order valence-corrected chi connectivity index (χ4v) is 1.41. The molecule has 2 aromatic rings. The van der Waals surface area contributed by atoms with Crippen molar-refractivity contribution < 1.29 is 4.79 Å². The van der Waals surface area contributed by atoms with Crippen molar-refractivity contribution in [1.29, 1.82) is 0 Å². The van der Waals surface area contributed by atoms with E-state index in [2.05, 4.69) is 20.7 Å². The molecule has 0 unspecified atom stereocenters. The third kappa shape index (κ3) is 2.93. The molecule has 0 aromatic carbocycles. The van der Waals surface area contributed by atoms with Gasteiger partial charge in [-0.3, -0.25) is 4.79 Å². The van der Waals surface area contributed by atoms with Gasteiger partial charge in [-0.05, 0) is 12.5 Å². The standard InChI is InChI=1S/C11H15N5O/c1-2-5-12-11(17)8-13-9-4-7-16-10(15-9)3-6-14-16/h3-4,6-7H,2,5,8H2,1H3,(H,12,17)(H,13,15). The van der Waals surface area contributed by atoms with Crippen molar-refractivity contribution in [3.05, 3.63) is 24.5 Å². The van der Waals surface area contributed by atoms with Crippen molar-refractivity contribution in [3.63, 3.8) is 0 Å². The van der Waals surface area contributed by atoms with Crippen molar-refractivity contribution >= 4 is 17.4 Å². The Bertz CT molecular complexity index is 507. The van der Waals surface area contributed by atoms with Crippen molar-refractivity contribution in [3.8, 4) is 0 Å². The molecule has 0 fully saturated rings. The SMILES string of the molecule is CCCNC(=O)CNc1ccn2nccc2n1. The molecule has 90 valence electrons. The summed E-state index contributed by atoms with van der Waals surface area (Å²) < 4.78 is 1.67. The summed E-state index contributed by atoms with van der Waals surface area (Å²) >= 11 is 0. The molecule has 0 saturated carbocycles. The van der Waals surface area contributed by atoms with Crippen LogP contribution in [0.2, 0.25) is 0 Å². The first-order chi connectivity index (χ1) is 8.29. The molecular weight excluding hydrogens is 218 g/mol. The lowest BCUT2D eigenvalue weighted by Gasteiger charge is -2.06. The molecule has 0 atom stereocenters. The molecule has 0 bridgehead atoms. The molecule has 0 spiro atoms. The second kappa shape index (κ2) is 5.29. The molecule has 6 nitrogen and oxygen atoms in total. The van der Waals surface area contributed by atoms with Crippen LogP contribution in [0.5, 0.6) is 0 Å². The third-order valence-electron chi connectivity index (χ3n) is 2.26. The average molecular weight is 233 g/mol. The zero-order chi connectivity index (χ0) is 12.1. The summed E-state index contributed by atoms with van der Waals surface area (Å²) in [4.78, 5) is 15.7. The van der Waals surface area contributed by atoms with Crippen LogP contribution in [-0.4, -0.2) is 33.6 Å². The van der Waals surface area contributed by atoms with E-state index in [1.807, 2.05) is 13.0 Å². The second-order valence-corrected chi connectivity index (χ2v) is 3.65. The lowest BCUT2D eigenvalue weighted by atomic mass is 10.4. The van der Waals surface area contributed by atoms with Gasteiger partial charge in [0.25, 0.3) is 0 Å². The van der Waals surface area contributed by atoms with E-state index in [0.717, 1.165) is 12.1 Å². The van der Waals surface area contributed by atoms with Gasteiger partial charge in [0, 0.05) is 18.8 Å². The quantitative estimate of drug-likeness (QED) is 0.796. The molecule has 2 N–H and O–H groups in total. The predicted octanol–water partition coefficient (Wildman–Crippen LogP) is 0.667. The summed E-state index contributed by atoms with van der Waals surface area (Å²) in [6.45, 7) is 2.95. The molecule has 0 aliphatic carbocycles. The van der Waals surface area contributed by atoms with Crippen LogP contribution in [0.3, 0.4) is 0 Å². The van der Waals surface area contributed by atoms with E-state index in [1.165, 1.54) is 0 Å². The fourth-order valence-electron chi connectivity index (χ4n) is 1.41. The van der Waals surface area contributed by atoms with Gasteiger partial charge in [0.1, 0.15) is 5.82 Å². The Morgan fingerprint density at radius 2 is 2.35 bits per heavy atom. The number of nitrogens with zero attached hydrogens (tertiary/aromatic N) is 3. The molecule has 2 heterocycles. The molecule has 2 aromatic heterocycles.